The van der Waals surface area contributed by atoms with Gasteiger partial charge in [-0.2, -0.15) is 4.98 Å². The molecule has 11 heteroatoms. The molecular formula is C7H7F3N2O5S. The number of ether oxygens (including phenoxy) is 2. The molecule has 0 aliphatic heterocycles. The maximum atomic E-state index is 12.0. The zero-order chi connectivity index (χ0) is 14.1. The van der Waals surface area contributed by atoms with E-state index in [4.69, 9.17) is 5.14 Å². The summed E-state index contributed by atoms with van der Waals surface area (Å²) < 4.78 is 65.7. The topological polar surface area (TPSA) is 112 Å². The first-order valence-electron chi connectivity index (χ1n) is 4.11. The number of primary sulfonamides is 1. The predicted molar refractivity (Wildman–Crippen MR) is 50.5 cm³/mol. The summed E-state index contributed by atoms with van der Waals surface area (Å²) in [5, 5.41) is 13.1. The van der Waals surface area contributed by atoms with E-state index in [1.165, 1.54) is 0 Å². The minimum absolute atomic E-state index is 0.576. The van der Waals surface area contributed by atoms with E-state index in [2.05, 4.69) is 14.5 Å². The number of pyridine rings is 1. The molecule has 1 heterocycles. The molecule has 0 amide bonds. The maximum absolute atomic E-state index is 12.0. The second-order valence-electron chi connectivity index (χ2n) is 2.91. The lowest BCUT2D eigenvalue weighted by Crippen LogP contribution is -2.20. The summed E-state index contributed by atoms with van der Waals surface area (Å²) in [5.74, 6) is -3.04. The highest BCUT2D eigenvalue weighted by Gasteiger charge is 2.34. The minimum Gasteiger partial charge on any atom is -0.501 e. The molecule has 102 valence electrons. The van der Waals surface area contributed by atoms with E-state index in [0.717, 1.165) is 7.11 Å². The normalized spacial score (nSPS) is 12.3. The number of aromatic hydroxyl groups is 1. The van der Waals surface area contributed by atoms with Crippen molar-refractivity contribution in [1.29, 1.82) is 0 Å². The van der Waals surface area contributed by atoms with Gasteiger partial charge in [0.05, 0.1) is 7.11 Å². The van der Waals surface area contributed by atoms with E-state index >= 15 is 0 Å². The monoisotopic (exact) mass is 288 g/mol. The van der Waals surface area contributed by atoms with Gasteiger partial charge in [0.2, 0.25) is 5.75 Å². The molecule has 0 bridgehead atoms. The lowest BCUT2D eigenvalue weighted by molar-refractivity contribution is -0.276. The van der Waals surface area contributed by atoms with Crippen LogP contribution in [0.1, 0.15) is 0 Å². The molecular weight excluding hydrogens is 281 g/mol. The van der Waals surface area contributed by atoms with E-state index < -0.39 is 38.8 Å². The Morgan fingerprint density at radius 2 is 2.00 bits per heavy atom. The molecule has 0 spiro atoms. The molecule has 7 nitrogen and oxygen atoms in total. The summed E-state index contributed by atoms with van der Waals surface area (Å²) in [5.41, 5.74) is 0. The number of halogens is 3. The van der Waals surface area contributed by atoms with Gasteiger partial charge >= 0.3 is 6.36 Å². The van der Waals surface area contributed by atoms with E-state index in [9.17, 15) is 26.7 Å². The van der Waals surface area contributed by atoms with Crippen molar-refractivity contribution in [3.8, 4) is 17.4 Å². The number of methoxy groups -OCH3 is 1. The highest BCUT2D eigenvalue weighted by molar-refractivity contribution is 7.89. The average Bonchev–Trinajstić information content (AvgIpc) is 2.17. The third-order valence-corrected chi connectivity index (χ3v) is 2.42. The van der Waals surface area contributed by atoms with Crippen molar-refractivity contribution in [3.63, 3.8) is 0 Å². The first-order valence-corrected chi connectivity index (χ1v) is 5.66. The molecule has 0 fully saturated rings. The number of hydrogen-bond acceptors (Lipinski definition) is 6. The molecule has 0 aliphatic rings. The van der Waals surface area contributed by atoms with E-state index in [-0.39, 0.29) is 0 Å². The van der Waals surface area contributed by atoms with Gasteiger partial charge in [-0.05, 0) is 0 Å². The molecule has 18 heavy (non-hydrogen) atoms. The lowest BCUT2D eigenvalue weighted by Gasteiger charge is -2.12. The van der Waals surface area contributed by atoms with Crippen LogP contribution >= 0.6 is 0 Å². The van der Waals surface area contributed by atoms with Gasteiger partial charge < -0.3 is 14.6 Å². The van der Waals surface area contributed by atoms with Gasteiger partial charge in [-0.15, -0.1) is 13.2 Å². The van der Waals surface area contributed by atoms with Crippen molar-refractivity contribution < 1.29 is 36.2 Å². The summed E-state index contributed by atoms with van der Waals surface area (Å²) >= 11 is 0. The van der Waals surface area contributed by atoms with E-state index in [0.29, 0.717) is 6.07 Å². The largest absolute Gasteiger partial charge is 0.574 e. The van der Waals surface area contributed by atoms with Crippen LogP contribution in [0.5, 0.6) is 17.4 Å². The first-order chi connectivity index (χ1) is 8.04. The molecule has 0 atom stereocenters. The fourth-order valence-corrected chi connectivity index (χ4v) is 1.43. The maximum Gasteiger partial charge on any atom is 0.574 e. The van der Waals surface area contributed by atoms with E-state index in [1.807, 2.05) is 0 Å². The Labute approximate surface area is 99.0 Å². The van der Waals surface area contributed by atoms with Crippen molar-refractivity contribution in [3.05, 3.63) is 6.07 Å². The number of aromatic nitrogens is 1. The highest BCUT2D eigenvalue weighted by atomic mass is 32.2. The fraction of sp³-hybridized carbons (Fsp3) is 0.286. The summed E-state index contributed by atoms with van der Waals surface area (Å²) in [4.78, 5) is 2.95. The predicted octanol–water partition coefficient (Wildman–Crippen LogP) is 0.342. The Hall–Kier alpha value is -1.75. The van der Waals surface area contributed by atoms with Crippen molar-refractivity contribution in [2.45, 2.75) is 11.4 Å². The number of nitrogens with zero attached hydrogens (tertiary/aromatic N) is 1. The number of nitrogens with two attached hydrogens (primary N) is 1. The van der Waals surface area contributed by atoms with E-state index in [1.54, 1.807) is 0 Å². The van der Waals surface area contributed by atoms with Gasteiger partial charge in [0, 0.05) is 6.07 Å². The zero-order valence-corrected chi connectivity index (χ0v) is 9.54. The first kappa shape index (κ1) is 14.3. The minimum atomic E-state index is -5.16. The van der Waals surface area contributed by atoms with Gasteiger partial charge in [0.15, 0.2) is 10.8 Å². The van der Waals surface area contributed by atoms with Crippen LogP contribution in [0.2, 0.25) is 0 Å². The molecule has 3 N–H and O–H groups in total. The fourth-order valence-electron chi connectivity index (χ4n) is 0.953. The number of sulfonamides is 1. The molecule has 0 aromatic carbocycles. The van der Waals surface area contributed by atoms with Crippen molar-refractivity contribution in [2.24, 2.45) is 5.14 Å². The second kappa shape index (κ2) is 4.49. The number of alkyl halides is 3. The Morgan fingerprint density at radius 3 is 2.39 bits per heavy atom. The van der Waals surface area contributed by atoms with Crippen molar-refractivity contribution in [2.75, 3.05) is 7.11 Å². The summed E-state index contributed by atoms with van der Waals surface area (Å²) in [7, 11) is -3.38. The Balaban J connectivity index is 3.42. The van der Waals surface area contributed by atoms with Crippen LogP contribution in [0, 0.1) is 0 Å². The molecule has 0 radical (unpaired) electrons. The van der Waals surface area contributed by atoms with Gasteiger partial charge in [0.25, 0.3) is 15.9 Å². The van der Waals surface area contributed by atoms with Gasteiger partial charge in [0.1, 0.15) is 0 Å². The molecule has 0 unspecified atom stereocenters. The van der Waals surface area contributed by atoms with Crippen molar-refractivity contribution in [1.82, 2.24) is 4.98 Å². The highest BCUT2D eigenvalue weighted by Crippen LogP contribution is 2.38. The summed E-state index contributed by atoms with van der Waals surface area (Å²) in [6, 6.07) is 0.661. The van der Waals surface area contributed by atoms with Crippen LogP contribution < -0.4 is 14.6 Å². The van der Waals surface area contributed by atoms with Crippen LogP contribution in [0.4, 0.5) is 13.2 Å². The molecule has 0 saturated carbocycles. The van der Waals surface area contributed by atoms with Gasteiger partial charge in [-0.1, -0.05) is 0 Å². The molecule has 1 aromatic heterocycles. The van der Waals surface area contributed by atoms with Crippen LogP contribution in [0.3, 0.4) is 0 Å². The second-order valence-corrected chi connectivity index (χ2v) is 4.42. The smallest absolute Gasteiger partial charge is 0.501 e. The quantitative estimate of drug-likeness (QED) is 0.829. The van der Waals surface area contributed by atoms with Crippen LogP contribution in [0.15, 0.2) is 11.1 Å². The Bertz CT molecular complexity index is 557. The zero-order valence-electron chi connectivity index (χ0n) is 8.72. The van der Waals surface area contributed by atoms with Gasteiger partial charge in [-0.3, -0.25) is 0 Å². The van der Waals surface area contributed by atoms with Crippen LogP contribution in [0.25, 0.3) is 0 Å². The molecule has 0 saturated heterocycles. The standard InChI is InChI=1S/C7H7F3N2O5S/c1-16-3-2-4(18(11,14)15)12-6(5(3)13)17-7(8,9)10/h2,13H,1H3,(H2,11,14,15). The van der Waals surface area contributed by atoms with Crippen molar-refractivity contribution >= 4 is 10.0 Å². The van der Waals surface area contributed by atoms with Crippen LogP contribution in [-0.4, -0.2) is 32.0 Å². The third-order valence-electron chi connectivity index (χ3n) is 1.63. The molecule has 1 aromatic rings. The average molecular weight is 288 g/mol. The Kier molecular flexibility index (Phi) is 3.57. The number of hydrogen-bond donors (Lipinski definition) is 2. The summed E-state index contributed by atoms with van der Waals surface area (Å²) in [6.07, 6.45) is -5.16. The summed E-state index contributed by atoms with van der Waals surface area (Å²) in [6.45, 7) is 0. The van der Waals surface area contributed by atoms with Crippen LogP contribution in [-0.2, 0) is 10.0 Å². The lowest BCUT2D eigenvalue weighted by atomic mass is 10.4. The number of rotatable bonds is 3. The third kappa shape index (κ3) is 3.37. The van der Waals surface area contributed by atoms with Gasteiger partial charge in [-0.25, -0.2) is 13.6 Å². The molecule has 1 rings (SSSR count). The Morgan fingerprint density at radius 1 is 1.44 bits per heavy atom. The SMILES string of the molecule is COc1cc(S(N)(=O)=O)nc(OC(F)(F)F)c1O. The molecule has 0 aliphatic carbocycles.